The molecule has 1 unspecified atom stereocenters. The molecule has 18 heavy (non-hydrogen) atoms. The predicted octanol–water partition coefficient (Wildman–Crippen LogP) is 3.99. The zero-order chi connectivity index (χ0) is 13.0. The first kappa shape index (κ1) is 14.5. The fourth-order valence-electron chi connectivity index (χ4n) is 2.64. The number of rotatable bonds is 7. The lowest BCUT2D eigenvalue weighted by Crippen LogP contribution is -2.57. The van der Waals surface area contributed by atoms with Crippen LogP contribution in [0, 0.1) is 0 Å². The summed E-state index contributed by atoms with van der Waals surface area (Å²) in [6.45, 7) is 3.28. The van der Waals surface area contributed by atoms with Crippen molar-refractivity contribution in [2.75, 3.05) is 13.7 Å². The van der Waals surface area contributed by atoms with Crippen LogP contribution in [0.3, 0.4) is 0 Å². The van der Waals surface area contributed by atoms with Crippen molar-refractivity contribution in [2.24, 2.45) is 0 Å². The van der Waals surface area contributed by atoms with E-state index in [9.17, 15) is 0 Å². The SMILES string of the molecule is CCCNC(Cc1sccc1Br)C1(OC)CCC1. The summed E-state index contributed by atoms with van der Waals surface area (Å²) >= 11 is 5.46. The van der Waals surface area contributed by atoms with Gasteiger partial charge in [0.25, 0.3) is 0 Å². The fourth-order valence-corrected chi connectivity index (χ4v) is 4.20. The summed E-state index contributed by atoms with van der Waals surface area (Å²) in [5.74, 6) is 0. The van der Waals surface area contributed by atoms with Gasteiger partial charge in [-0.2, -0.15) is 0 Å². The average molecular weight is 332 g/mol. The van der Waals surface area contributed by atoms with Crippen LogP contribution in [-0.4, -0.2) is 25.3 Å². The monoisotopic (exact) mass is 331 g/mol. The van der Waals surface area contributed by atoms with Gasteiger partial charge in [0.2, 0.25) is 0 Å². The molecule has 102 valence electrons. The largest absolute Gasteiger partial charge is 0.377 e. The van der Waals surface area contributed by atoms with Crippen LogP contribution in [0.5, 0.6) is 0 Å². The van der Waals surface area contributed by atoms with Crippen LogP contribution in [0.1, 0.15) is 37.5 Å². The Bertz CT molecular complexity index is 370. The number of hydrogen-bond acceptors (Lipinski definition) is 3. The molecular weight excluding hydrogens is 310 g/mol. The molecule has 2 rings (SSSR count). The van der Waals surface area contributed by atoms with Crippen molar-refractivity contribution in [3.8, 4) is 0 Å². The Labute approximate surface area is 122 Å². The Hall–Kier alpha value is 0.1000. The number of ether oxygens (including phenoxy) is 1. The lowest BCUT2D eigenvalue weighted by molar-refractivity contribution is -0.0979. The number of nitrogens with one attached hydrogen (secondary N) is 1. The molecule has 1 atom stereocenters. The van der Waals surface area contributed by atoms with E-state index < -0.39 is 0 Å². The summed E-state index contributed by atoms with van der Waals surface area (Å²) < 4.78 is 7.09. The van der Waals surface area contributed by atoms with Crippen LogP contribution in [-0.2, 0) is 11.2 Å². The molecule has 0 aliphatic heterocycles. The van der Waals surface area contributed by atoms with Crippen LogP contribution < -0.4 is 5.32 Å². The van der Waals surface area contributed by atoms with Crippen LogP contribution >= 0.6 is 27.3 Å². The Morgan fingerprint density at radius 3 is 2.78 bits per heavy atom. The minimum Gasteiger partial charge on any atom is -0.377 e. The Kier molecular flexibility index (Phi) is 5.24. The molecule has 1 heterocycles. The molecule has 0 spiro atoms. The van der Waals surface area contributed by atoms with Crippen LogP contribution in [0.25, 0.3) is 0 Å². The topological polar surface area (TPSA) is 21.3 Å². The molecule has 1 aromatic rings. The van der Waals surface area contributed by atoms with Crippen LogP contribution in [0.2, 0.25) is 0 Å². The Balaban J connectivity index is 2.07. The van der Waals surface area contributed by atoms with E-state index in [4.69, 9.17) is 4.74 Å². The maximum Gasteiger partial charge on any atom is 0.0834 e. The standard InChI is InChI=1S/C14H22BrNOS/c1-3-8-16-13(14(17-2)6-4-7-14)10-12-11(15)5-9-18-12/h5,9,13,16H,3-4,6-8,10H2,1-2H3. The van der Waals surface area contributed by atoms with E-state index in [1.807, 2.05) is 18.4 Å². The summed E-state index contributed by atoms with van der Waals surface area (Å²) in [5, 5.41) is 5.84. The second-order valence-electron chi connectivity index (χ2n) is 5.03. The number of hydrogen-bond donors (Lipinski definition) is 1. The molecule has 1 saturated carbocycles. The Morgan fingerprint density at radius 2 is 2.33 bits per heavy atom. The first-order chi connectivity index (χ1) is 8.72. The van der Waals surface area contributed by atoms with Gasteiger partial charge >= 0.3 is 0 Å². The van der Waals surface area contributed by atoms with E-state index in [-0.39, 0.29) is 5.60 Å². The molecule has 1 aliphatic carbocycles. The molecule has 1 aromatic heterocycles. The second-order valence-corrected chi connectivity index (χ2v) is 6.88. The van der Waals surface area contributed by atoms with Crippen molar-refractivity contribution in [1.29, 1.82) is 0 Å². The molecule has 2 nitrogen and oxygen atoms in total. The van der Waals surface area contributed by atoms with Gasteiger partial charge in [-0.3, -0.25) is 0 Å². The van der Waals surface area contributed by atoms with Gasteiger partial charge < -0.3 is 10.1 Å². The van der Waals surface area contributed by atoms with Crippen molar-refractivity contribution in [2.45, 2.75) is 50.7 Å². The molecule has 0 amide bonds. The molecule has 1 aliphatic rings. The van der Waals surface area contributed by atoms with Gasteiger partial charge in [-0.25, -0.2) is 0 Å². The number of halogens is 1. The van der Waals surface area contributed by atoms with Crippen molar-refractivity contribution in [3.63, 3.8) is 0 Å². The summed E-state index contributed by atoms with van der Waals surface area (Å²) in [4.78, 5) is 1.42. The van der Waals surface area contributed by atoms with Gasteiger partial charge in [0.15, 0.2) is 0 Å². The molecule has 0 radical (unpaired) electrons. The molecule has 1 N–H and O–H groups in total. The van der Waals surface area contributed by atoms with Gasteiger partial charge in [-0.1, -0.05) is 6.92 Å². The van der Waals surface area contributed by atoms with E-state index in [2.05, 4.69) is 39.6 Å². The lowest BCUT2D eigenvalue weighted by Gasteiger charge is -2.47. The second kappa shape index (κ2) is 6.51. The average Bonchev–Trinajstić information content (AvgIpc) is 2.71. The number of methoxy groups -OCH3 is 1. The normalized spacial score (nSPS) is 19.5. The molecule has 0 bridgehead atoms. The number of thiophene rings is 1. The molecule has 1 fully saturated rings. The van der Waals surface area contributed by atoms with Crippen molar-refractivity contribution < 1.29 is 4.74 Å². The lowest BCUT2D eigenvalue weighted by atomic mass is 9.73. The third-order valence-electron chi connectivity index (χ3n) is 3.96. The van der Waals surface area contributed by atoms with Gasteiger partial charge in [-0.05, 0) is 59.6 Å². The van der Waals surface area contributed by atoms with E-state index in [1.165, 1.54) is 35.0 Å². The quantitative estimate of drug-likeness (QED) is 0.815. The van der Waals surface area contributed by atoms with Crippen LogP contribution in [0.15, 0.2) is 15.9 Å². The van der Waals surface area contributed by atoms with Gasteiger partial charge in [-0.15, -0.1) is 11.3 Å². The van der Waals surface area contributed by atoms with Crippen molar-refractivity contribution >= 4 is 27.3 Å². The third kappa shape index (κ3) is 2.98. The molecule has 0 saturated heterocycles. The highest BCUT2D eigenvalue weighted by Gasteiger charge is 2.44. The van der Waals surface area contributed by atoms with E-state index in [0.717, 1.165) is 13.0 Å². The Morgan fingerprint density at radius 1 is 1.56 bits per heavy atom. The molecular formula is C14H22BrNOS. The van der Waals surface area contributed by atoms with Crippen molar-refractivity contribution in [3.05, 3.63) is 20.8 Å². The van der Waals surface area contributed by atoms with Crippen LogP contribution in [0.4, 0.5) is 0 Å². The molecule has 0 aromatic carbocycles. The fraction of sp³-hybridized carbons (Fsp3) is 0.714. The van der Waals surface area contributed by atoms with Gasteiger partial charge in [0, 0.05) is 28.9 Å². The smallest absolute Gasteiger partial charge is 0.0834 e. The first-order valence-corrected chi connectivity index (χ1v) is 8.39. The summed E-state index contributed by atoms with van der Waals surface area (Å²) in [7, 11) is 1.86. The van der Waals surface area contributed by atoms with E-state index in [1.54, 1.807) is 0 Å². The highest BCUT2D eigenvalue weighted by molar-refractivity contribution is 9.10. The van der Waals surface area contributed by atoms with Gasteiger partial charge in [0.1, 0.15) is 0 Å². The predicted molar refractivity (Wildman–Crippen MR) is 81.4 cm³/mol. The van der Waals surface area contributed by atoms with Gasteiger partial charge in [0.05, 0.1) is 5.60 Å². The zero-order valence-electron chi connectivity index (χ0n) is 11.2. The minimum absolute atomic E-state index is 0.0681. The highest BCUT2D eigenvalue weighted by Crippen LogP contribution is 2.40. The summed E-state index contributed by atoms with van der Waals surface area (Å²) in [6, 6.07) is 2.57. The highest BCUT2D eigenvalue weighted by atomic mass is 79.9. The minimum atomic E-state index is 0.0681. The summed E-state index contributed by atoms with van der Waals surface area (Å²) in [6.07, 6.45) is 5.90. The first-order valence-electron chi connectivity index (χ1n) is 6.72. The summed E-state index contributed by atoms with van der Waals surface area (Å²) in [5.41, 5.74) is 0.0681. The van der Waals surface area contributed by atoms with E-state index in [0.29, 0.717) is 6.04 Å². The zero-order valence-corrected chi connectivity index (χ0v) is 13.6. The van der Waals surface area contributed by atoms with E-state index >= 15 is 0 Å². The molecule has 4 heteroatoms. The third-order valence-corrected chi connectivity index (χ3v) is 5.91. The maximum absolute atomic E-state index is 5.85. The van der Waals surface area contributed by atoms with Crippen molar-refractivity contribution in [1.82, 2.24) is 5.32 Å². The maximum atomic E-state index is 5.85.